The van der Waals surface area contributed by atoms with Crippen molar-refractivity contribution < 1.29 is 0 Å². The Hall–Kier alpha value is -3.06. The van der Waals surface area contributed by atoms with Crippen LogP contribution in [-0.4, -0.2) is 4.98 Å². The number of para-hydroxylation sites is 1. The fourth-order valence-electron chi connectivity index (χ4n) is 2.31. The topological polar surface area (TPSA) is 74.7 Å². The number of nitrogens with two attached hydrogens (primary N) is 1. The molecule has 1 heterocycles. The van der Waals surface area contributed by atoms with E-state index in [4.69, 9.17) is 11.0 Å². The summed E-state index contributed by atoms with van der Waals surface area (Å²) >= 11 is 0. The van der Waals surface area contributed by atoms with Crippen LogP contribution in [0.4, 0.5) is 11.4 Å². The van der Waals surface area contributed by atoms with Gasteiger partial charge in [0.1, 0.15) is 6.07 Å². The lowest BCUT2D eigenvalue weighted by Gasteiger charge is -2.10. The van der Waals surface area contributed by atoms with Gasteiger partial charge in [0.05, 0.1) is 16.8 Å². The van der Waals surface area contributed by atoms with Crippen molar-refractivity contribution in [2.45, 2.75) is 6.54 Å². The number of anilines is 2. The van der Waals surface area contributed by atoms with E-state index in [0.29, 0.717) is 17.8 Å². The molecule has 102 valence electrons. The highest BCUT2D eigenvalue weighted by molar-refractivity contribution is 5.81. The van der Waals surface area contributed by atoms with Crippen LogP contribution in [0.25, 0.3) is 10.9 Å². The zero-order valence-electron chi connectivity index (χ0n) is 11.4. The van der Waals surface area contributed by atoms with Gasteiger partial charge in [-0.25, -0.2) is 0 Å². The fraction of sp³-hybridized carbons (Fsp3) is 0.0588. The number of aromatic nitrogens is 1. The van der Waals surface area contributed by atoms with E-state index in [1.807, 2.05) is 36.4 Å². The lowest BCUT2D eigenvalue weighted by atomic mass is 10.1. The Kier molecular flexibility index (Phi) is 3.40. The third-order valence-electron chi connectivity index (χ3n) is 3.35. The van der Waals surface area contributed by atoms with Crippen LogP contribution in [-0.2, 0) is 6.54 Å². The molecule has 1 aromatic heterocycles. The van der Waals surface area contributed by atoms with Crippen LogP contribution in [0, 0.1) is 11.3 Å². The maximum atomic E-state index is 9.15. The van der Waals surface area contributed by atoms with Gasteiger partial charge < -0.3 is 11.1 Å². The second-order valence-electron chi connectivity index (χ2n) is 4.76. The maximum absolute atomic E-state index is 9.15. The highest BCUT2D eigenvalue weighted by Crippen LogP contribution is 2.21. The van der Waals surface area contributed by atoms with Crippen LogP contribution in [0.5, 0.6) is 0 Å². The minimum atomic E-state index is 0.545. The normalized spacial score (nSPS) is 10.2. The van der Waals surface area contributed by atoms with Gasteiger partial charge in [-0.3, -0.25) is 4.98 Å². The Morgan fingerprint density at radius 2 is 2.00 bits per heavy atom. The number of pyridine rings is 1. The highest BCUT2D eigenvalue weighted by atomic mass is 14.9. The molecular formula is C17H14N4. The molecule has 0 unspecified atom stereocenters. The second kappa shape index (κ2) is 5.51. The summed E-state index contributed by atoms with van der Waals surface area (Å²) in [6.07, 6.45) is 1.79. The molecule has 0 atom stereocenters. The Morgan fingerprint density at radius 1 is 1.14 bits per heavy atom. The number of hydrogen-bond acceptors (Lipinski definition) is 4. The molecule has 21 heavy (non-hydrogen) atoms. The molecule has 0 bridgehead atoms. The van der Waals surface area contributed by atoms with Gasteiger partial charge in [-0.2, -0.15) is 5.26 Å². The standard InChI is InChI=1S/C17H14N4/c18-10-14-9-15(19)6-7-16(14)21-11-13-4-1-3-12-5-2-8-20-17(12)13/h1-9,21H,11,19H2. The lowest BCUT2D eigenvalue weighted by molar-refractivity contribution is 1.15. The van der Waals surface area contributed by atoms with E-state index >= 15 is 0 Å². The van der Waals surface area contributed by atoms with Gasteiger partial charge >= 0.3 is 0 Å². The average molecular weight is 274 g/mol. The van der Waals surface area contributed by atoms with Gasteiger partial charge in [0.25, 0.3) is 0 Å². The van der Waals surface area contributed by atoms with E-state index in [2.05, 4.69) is 16.4 Å². The van der Waals surface area contributed by atoms with E-state index in [0.717, 1.165) is 22.2 Å². The van der Waals surface area contributed by atoms with Crippen molar-refractivity contribution in [2.75, 3.05) is 11.1 Å². The molecule has 0 radical (unpaired) electrons. The first-order valence-electron chi connectivity index (χ1n) is 6.64. The van der Waals surface area contributed by atoms with Gasteiger partial charge in [-0.15, -0.1) is 0 Å². The number of nitrogens with one attached hydrogen (secondary N) is 1. The summed E-state index contributed by atoms with van der Waals surface area (Å²) < 4.78 is 0. The zero-order chi connectivity index (χ0) is 14.7. The summed E-state index contributed by atoms with van der Waals surface area (Å²) in [5.41, 5.74) is 9.67. The Balaban J connectivity index is 1.89. The molecule has 0 fully saturated rings. The predicted molar refractivity (Wildman–Crippen MR) is 84.6 cm³/mol. The van der Waals surface area contributed by atoms with Crippen molar-refractivity contribution in [2.24, 2.45) is 0 Å². The summed E-state index contributed by atoms with van der Waals surface area (Å²) in [7, 11) is 0. The Labute approximate surface area is 122 Å². The summed E-state index contributed by atoms with van der Waals surface area (Å²) in [4.78, 5) is 4.43. The van der Waals surface area contributed by atoms with E-state index in [1.54, 1.807) is 18.3 Å². The van der Waals surface area contributed by atoms with Crippen LogP contribution >= 0.6 is 0 Å². The van der Waals surface area contributed by atoms with Crippen molar-refractivity contribution >= 4 is 22.3 Å². The van der Waals surface area contributed by atoms with Crippen molar-refractivity contribution in [3.8, 4) is 6.07 Å². The monoisotopic (exact) mass is 274 g/mol. The first kappa shape index (κ1) is 12.9. The lowest BCUT2D eigenvalue weighted by Crippen LogP contribution is -2.03. The van der Waals surface area contributed by atoms with E-state index in [1.165, 1.54) is 0 Å². The van der Waals surface area contributed by atoms with Crippen molar-refractivity contribution in [3.05, 3.63) is 65.9 Å². The third-order valence-corrected chi connectivity index (χ3v) is 3.35. The zero-order valence-corrected chi connectivity index (χ0v) is 11.4. The molecule has 0 spiro atoms. The van der Waals surface area contributed by atoms with Gasteiger partial charge in [-0.1, -0.05) is 24.3 Å². The van der Waals surface area contributed by atoms with Crippen molar-refractivity contribution in [3.63, 3.8) is 0 Å². The molecule has 4 heteroatoms. The van der Waals surface area contributed by atoms with Crippen LogP contribution in [0.1, 0.15) is 11.1 Å². The van der Waals surface area contributed by atoms with Crippen LogP contribution in [0.2, 0.25) is 0 Å². The number of fused-ring (bicyclic) bond motifs is 1. The Bertz CT molecular complexity index is 828. The molecule has 0 aliphatic heterocycles. The van der Waals surface area contributed by atoms with Gasteiger partial charge in [-0.05, 0) is 29.8 Å². The Morgan fingerprint density at radius 3 is 2.86 bits per heavy atom. The second-order valence-corrected chi connectivity index (χ2v) is 4.76. The molecule has 0 saturated carbocycles. The minimum absolute atomic E-state index is 0.545. The number of nitrogens with zero attached hydrogens (tertiary/aromatic N) is 2. The molecule has 3 rings (SSSR count). The van der Waals surface area contributed by atoms with E-state index in [-0.39, 0.29) is 0 Å². The van der Waals surface area contributed by atoms with Crippen LogP contribution in [0.15, 0.2) is 54.7 Å². The molecule has 0 aliphatic carbocycles. The molecular weight excluding hydrogens is 260 g/mol. The summed E-state index contributed by atoms with van der Waals surface area (Å²) in [5.74, 6) is 0. The van der Waals surface area contributed by atoms with Gasteiger partial charge in [0.15, 0.2) is 0 Å². The van der Waals surface area contributed by atoms with Crippen molar-refractivity contribution in [1.29, 1.82) is 5.26 Å². The molecule has 0 saturated heterocycles. The summed E-state index contributed by atoms with van der Waals surface area (Å²) in [6, 6.07) is 17.5. The van der Waals surface area contributed by atoms with Gasteiger partial charge in [0, 0.05) is 23.8 Å². The average Bonchev–Trinajstić information content (AvgIpc) is 2.53. The molecule has 3 aromatic rings. The molecule has 0 amide bonds. The van der Waals surface area contributed by atoms with Crippen LogP contribution in [0.3, 0.4) is 0 Å². The molecule has 3 N–H and O–H groups in total. The fourth-order valence-corrected chi connectivity index (χ4v) is 2.31. The number of nitriles is 1. The SMILES string of the molecule is N#Cc1cc(N)ccc1NCc1cccc2cccnc12. The third kappa shape index (κ3) is 2.63. The first-order chi connectivity index (χ1) is 10.3. The molecule has 4 nitrogen and oxygen atoms in total. The largest absolute Gasteiger partial charge is 0.399 e. The predicted octanol–water partition coefficient (Wildman–Crippen LogP) is 3.30. The van der Waals surface area contributed by atoms with Crippen LogP contribution < -0.4 is 11.1 Å². The van der Waals surface area contributed by atoms with E-state index in [9.17, 15) is 0 Å². The molecule has 2 aromatic carbocycles. The first-order valence-corrected chi connectivity index (χ1v) is 6.64. The highest BCUT2D eigenvalue weighted by Gasteiger charge is 2.05. The molecule has 0 aliphatic rings. The number of benzene rings is 2. The van der Waals surface area contributed by atoms with Crippen molar-refractivity contribution in [1.82, 2.24) is 4.98 Å². The summed E-state index contributed by atoms with van der Waals surface area (Å²) in [6.45, 7) is 0.604. The number of rotatable bonds is 3. The maximum Gasteiger partial charge on any atom is 0.101 e. The number of hydrogen-bond donors (Lipinski definition) is 2. The summed E-state index contributed by atoms with van der Waals surface area (Å²) in [5, 5.41) is 13.5. The number of nitrogen functional groups attached to an aromatic ring is 1. The van der Waals surface area contributed by atoms with E-state index < -0.39 is 0 Å². The minimum Gasteiger partial charge on any atom is -0.399 e. The smallest absolute Gasteiger partial charge is 0.101 e. The van der Waals surface area contributed by atoms with Gasteiger partial charge in [0.2, 0.25) is 0 Å². The quantitative estimate of drug-likeness (QED) is 0.718.